The Hall–Kier alpha value is -0.260. The fourth-order valence-corrected chi connectivity index (χ4v) is 2.62. The molecule has 1 fully saturated rings. The van der Waals surface area contributed by atoms with E-state index in [0.717, 1.165) is 48.5 Å². The number of nitrogens with zero attached hydrogens (tertiary/aromatic N) is 1. The molecule has 1 saturated heterocycles. The SMILES string of the molecule is CCc1[nH]c(C2CCOCC2)nc(=S)c1Br. The van der Waals surface area contributed by atoms with Crippen LogP contribution < -0.4 is 0 Å². The lowest BCUT2D eigenvalue weighted by Crippen LogP contribution is -2.17. The number of rotatable bonds is 2. The second kappa shape index (κ2) is 5.38. The number of halogens is 1. The molecule has 1 aromatic heterocycles. The van der Waals surface area contributed by atoms with Crippen molar-refractivity contribution in [2.24, 2.45) is 0 Å². The van der Waals surface area contributed by atoms with Gasteiger partial charge in [0.1, 0.15) is 10.5 Å². The summed E-state index contributed by atoms with van der Waals surface area (Å²) in [5.41, 5.74) is 1.14. The summed E-state index contributed by atoms with van der Waals surface area (Å²) in [5, 5.41) is 0. The Morgan fingerprint density at radius 1 is 1.50 bits per heavy atom. The molecule has 0 atom stereocenters. The Bertz CT molecular complexity index is 426. The number of H-pyrrole nitrogens is 1. The maximum atomic E-state index is 5.35. The maximum absolute atomic E-state index is 5.35. The van der Waals surface area contributed by atoms with Gasteiger partial charge < -0.3 is 9.72 Å². The van der Waals surface area contributed by atoms with Crippen LogP contribution >= 0.6 is 28.1 Å². The zero-order valence-corrected chi connectivity index (χ0v) is 11.7. The molecule has 0 amide bonds. The van der Waals surface area contributed by atoms with Gasteiger partial charge in [0.05, 0.1) is 4.47 Å². The van der Waals surface area contributed by atoms with Gasteiger partial charge in [-0.25, -0.2) is 4.98 Å². The van der Waals surface area contributed by atoms with Crippen molar-refractivity contribution in [2.75, 3.05) is 13.2 Å². The molecule has 0 spiro atoms. The average Bonchev–Trinajstić information content (AvgIpc) is 2.33. The molecule has 16 heavy (non-hydrogen) atoms. The fraction of sp³-hybridized carbons (Fsp3) is 0.636. The van der Waals surface area contributed by atoms with E-state index in [2.05, 4.69) is 32.8 Å². The molecular weight excluding hydrogens is 288 g/mol. The minimum Gasteiger partial charge on any atom is -0.381 e. The van der Waals surface area contributed by atoms with Crippen LogP contribution in [-0.4, -0.2) is 23.2 Å². The zero-order chi connectivity index (χ0) is 11.5. The van der Waals surface area contributed by atoms with Crippen LogP contribution in [-0.2, 0) is 11.2 Å². The largest absolute Gasteiger partial charge is 0.381 e. The van der Waals surface area contributed by atoms with Crippen molar-refractivity contribution in [3.8, 4) is 0 Å². The molecule has 0 radical (unpaired) electrons. The summed E-state index contributed by atoms with van der Waals surface area (Å²) in [6.07, 6.45) is 3.00. The van der Waals surface area contributed by atoms with E-state index in [1.807, 2.05) is 0 Å². The van der Waals surface area contributed by atoms with Crippen molar-refractivity contribution in [3.05, 3.63) is 20.6 Å². The van der Waals surface area contributed by atoms with Crippen molar-refractivity contribution in [2.45, 2.75) is 32.1 Å². The van der Waals surface area contributed by atoms with Gasteiger partial charge in [0.2, 0.25) is 0 Å². The van der Waals surface area contributed by atoms with Crippen LogP contribution in [0, 0.1) is 4.64 Å². The van der Waals surface area contributed by atoms with E-state index >= 15 is 0 Å². The monoisotopic (exact) mass is 302 g/mol. The van der Waals surface area contributed by atoms with Gasteiger partial charge in [-0.15, -0.1) is 0 Å². The second-order valence-corrected chi connectivity index (χ2v) is 5.14. The standard InChI is InChI=1S/C11H15BrN2OS/c1-2-8-9(12)11(16)14-10(13-8)7-3-5-15-6-4-7/h7H,2-6H2,1H3,(H,13,14,16). The molecule has 88 valence electrons. The second-order valence-electron chi connectivity index (χ2n) is 3.96. The Kier molecular flexibility index (Phi) is 4.10. The number of aromatic amines is 1. The molecule has 1 aliphatic rings. The molecule has 0 unspecified atom stereocenters. The molecule has 3 nitrogen and oxygen atoms in total. The highest BCUT2D eigenvalue weighted by Crippen LogP contribution is 2.26. The molecule has 1 aliphatic heterocycles. The van der Waals surface area contributed by atoms with E-state index in [1.54, 1.807) is 0 Å². The zero-order valence-electron chi connectivity index (χ0n) is 9.25. The molecule has 0 aliphatic carbocycles. The van der Waals surface area contributed by atoms with E-state index in [-0.39, 0.29) is 0 Å². The third kappa shape index (κ3) is 2.52. The summed E-state index contributed by atoms with van der Waals surface area (Å²) in [4.78, 5) is 7.85. The minimum absolute atomic E-state index is 0.467. The molecule has 1 aromatic rings. The van der Waals surface area contributed by atoms with Crippen molar-refractivity contribution < 1.29 is 4.74 Å². The fourth-order valence-electron chi connectivity index (χ4n) is 1.93. The Morgan fingerprint density at radius 2 is 2.19 bits per heavy atom. The van der Waals surface area contributed by atoms with Crippen LogP contribution in [0.25, 0.3) is 0 Å². The summed E-state index contributed by atoms with van der Waals surface area (Å²) >= 11 is 8.73. The summed E-state index contributed by atoms with van der Waals surface area (Å²) in [6, 6.07) is 0. The van der Waals surface area contributed by atoms with Crippen molar-refractivity contribution in [1.29, 1.82) is 0 Å². The molecule has 2 heterocycles. The van der Waals surface area contributed by atoms with Crippen LogP contribution in [0.1, 0.15) is 37.2 Å². The van der Waals surface area contributed by atoms with Crippen LogP contribution in [0.2, 0.25) is 0 Å². The maximum Gasteiger partial charge on any atom is 0.144 e. The van der Waals surface area contributed by atoms with Gasteiger partial charge in [0.15, 0.2) is 0 Å². The quantitative estimate of drug-likeness (QED) is 0.851. The Balaban J connectivity index is 2.33. The highest BCUT2D eigenvalue weighted by Gasteiger charge is 2.19. The number of hydrogen-bond donors (Lipinski definition) is 1. The number of hydrogen-bond acceptors (Lipinski definition) is 3. The van der Waals surface area contributed by atoms with E-state index in [1.165, 1.54) is 0 Å². The van der Waals surface area contributed by atoms with Gasteiger partial charge >= 0.3 is 0 Å². The first-order valence-electron chi connectivity index (χ1n) is 5.58. The van der Waals surface area contributed by atoms with Crippen LogP contribution in [0.3, 0.4) is 0 Å². The number of ether oxygens (including phenoxy) is 1. The highest BCUT2D eigenvalue weighted by atomic mass is 79.9. The molecule has 0 saturated carbocycles. The number of aromatic nitrogens is 2. The highest BCUT2D eigenvalue weighted by molar-refractivity contribution is 9.10. The van der Waals surface area contributed by atoms with Crippen molar-refractivity contribution in [1.82, 2.24) is 9.97 Å². The first kappa shape index (κ1) is 12.2. The van der Waals surface area contributed by atoms with Gasteiger partial charge in [0.25, 0.3) is 0 Å². The van der Waals surface area contributed by atoms with Gasteiger partial charge in [-0.05, 0) is 35.2 Å². The van der Waals surface area contributed by atoms with Gasteiger partial charge in [-0.1, -0.05) is 19.1 Å². The third-order valence-corrected chi connectivity index (χ3v) is 4.33. The molecule has 0 bridgehead atoms. The van der Waals surface area contributed by atoms with E-state index in [0.29, 0.717) is 10.6 Å². The predicted octanol–water partition coefficient (Wildman–Crippen LogP) is 3.36. The molecule has 1 N–H and O–H groups in total. The lowest BCUT2D eigenvalue weighted by Gasteiger charge is -2.22. The van der Waals surface area contributed by atoms with Crippen LogP contribution in [0.5, 0.6) is 0 Å². The average molecular weight is 303 g/mol. The third-order valence-electron chi connectivity index (χ3n) is 2.92. The lowest BCUT2D eigenvalue weighted by atomic mass is 9.99. The van der Waals surface area contributed by atoms with E-state index in [4.69, 9.17) is 17.0 Å². The van der Waals surface area contributed by atoms with Gasteiger partial charge in [-0.2, -0.15) is 0 Å². The summed E-state index contributed by atoms with van der Waals surface area (Å²) in [5.74, 6) is 1.49. The first-order valence-corrected chi connectivity index (χ1v) is 6.78. The summed E-state index contributed by atoms with van der Waals surface area (Å²) in [7, 11) is 0. The normalized spacial score (nSPS) is 17.6. The van der Waals surface area contributed by atoms with Crippen LogP contribution in [0.15, 0.2) is 4.47 Å². The Labute approximate surface area is 109 Å². The summed E-state index contributed by atoms with van der Waals surface area (Å²) < 4.78 is 6.95. The number of aryl methyl sites for hydroxylation is 1. The predicted molar refractivity (Wildman–Crippen MR) is 69.3 cm³/mol. The van der Waals surface area contributed by atoms with Crippen molar-refractivity contribution in [3.63, 3.8) is 0 Å². The Morgan fingerprint density at radius 3 is 2.81 bits per heavy atom. The minimum atomic E-state index is 0.467. The molecular formula is C11H15BrN2OS. The smallest absolute Gasteiger partial charge is 0.144 e. The summed E-state index contributed by atoms with van der Waals surface area (Å²) in [6.45, 7) is 3.76. The van der Waals surface area contributed by atoms with E-state index in [9.17, 15) is 0 Å². The first-order chi connectivity index (χ1) is 7.72. The van der Waals surface area contributed by atoms with Crippen LogP contribution in [0.4, 0.5) is 0 Å². The van der Waals surface area contributed by atoms with E-state index < -0.39 is 0 Å². The topological polar surface area (TPSA) is 37.9 Å². The molecule has 0 aromatic carbocycles. The van der Waals surface area contributed by atoms with Crippen molar-refractivity contribution >= 4 is 28.1 Å². The molecule has 2 rings (SSSR count). The van der Waals surface area contributed by atoms with Gasteiger partial charge in [-0.3, -0.25) is 0 Å². The van der Waals surface area contributed by atoms with Gasteiger partial charge in [0, 0.05) is 24.8 Å². The molecule has 5 heteroatoms. The lowest BCUT2D eigenvalue weighted by molar-refractivity contribution is 0.0835. The number of nitrogens with one attached hydrogen (secondary N) is 1.